The Morgan fingerprint density at radius 3 is 2.42 bits per heavy atom. The van der Waals surface area contributed by atoms with Gasteiger partial charge in [-0.2, -0.15) is 0 Å². The molecule has 0 saturated carbocycles. The van der Waals surface area contributed by atoms with Crippen LogP contribution in [0.5, 0.6) is 0 Å². The Morgan fingerprint density at radius 2 is 1.67 bits per heavy atom. The quantitative estimate of drug-likeness (QED) is 0.415. The van der Waals surface area contributed by atoms with Crippen molar-refractivity contribution in [2.75, 3.05) is 10.2 Å². The van der Waals surface area contributed by atoms with E-state index in [1.807, 2.05) is 61.7 Å². The summed E-state index contributed by atoms with van der Waals surface area (Å²) in [5.41, 5.74) is 4.96. The first-order valence-electron chi connectivity index (χ1n) is 10.3. The molecule has 0 atom stereocenters. The Bertz CT molecular complexity index is 1430. The molecule has 4 aromatic rings. The van der Waals surface area contributed by atoms with Gasteiger partial charge in [-0.05, 0) is 43.7 Å². The highest BCUT2D eigenvalue weighted by Crippen LogP contribution is 2.32. The van der Waals surface area contributed by atoms with E-state index in [0.29, 0.717) is 10.8 Å². The fourth-order valence-electron chi connectivity index (χ4n) is 3.90. The average molecular weight is 454 g/mol. The van der Waals surface area contributed by atoms with Crippen LogP contribution < -0.4 is 10.2 Å². The number of carbonyl (C=O) groups is 3. The van der Waals surface area contributed by atoms with E-state index >= 15 is 0 Å². The highest BCUT2D eigenvalue weighted by Gasteiger charge is 2.37. The van der Waals surface area contributed by atoms with Gasteiger partial charge >= 0.3 is 0 Å². The maximum Gasteiger partial charge on any atom is 0.266 e. The zero-order valence-electron chi connectivity index (χ0n) is 18.0. The number of rotatable bonds is 4. The lowest BCUT2D eigenvalue weighted by molar-refractivity contribution is 0.0925. The Kier molecular flexibility index (Phi) is 5.11. The van der Waals surface area contributed by atoms with Gasteiger partial charge in [0.05, 0.1) is 22.5 Å². The first-order valence-corrected chi connectivity index (χ1v) is 11.2. The van der Waals surface area contributed by atoms with E-state index in [-0.39, 0.29) is 22.6 Å². The molecule has 1 aliphatic heterocycles. The number of nitrogens with zero attached hydrogens (tertiary/aromatic N) is 2. The minimum absolute atomic E-state index is 0.219. The van der Waals surface area contributed by atoms with Crippen LogP contribution in [0.4, 0.5) is 10.8 Å². The predicted octanol–water partition coefficient (Wildman–Crippen LogP) is 5.48. The van der Waals surface area contributed by atoms with Crippen molar-refractivity contribution in [1.29, 1.82) is 0 Å². The number of thiazole rings is 1. The zero-order chi connectivity index (χ0) is 23.1. The molecule has 162 valence electrons. The van der Waals surface area contributed by atoms with Crippen LogP contribution in [0.3, 0.4) is 0 Å². The molecule has 0 aliphatic carbocycles. The summed E-state index contributed by atoms with van der Waals surface area (Å²) < 4.78 is 0. The average Bonchev–Trinajstić information content (AvgIpc) is 3.37. The van der Waals surface area contributed by atoms with Crippen molar-refractivity contribution in [3.63, 3.8) is 0 Å². The lowest BCUT2D eigenvalue weighted by atomic mass is 10.1. The van der Waals surface area contributed by atoms with Gasteiger partial charge in [0, 0.05) is 16.5 Å². The van der Waals surface area contributed by atoms with E-state index in [2.05, 4.69) is 10.3 Å². The van der Waals surface area contributed by atoms with Crippen LogP contribution in [0.2, 0.25) is 0 Å². The molecule has 1 N–H and O–H groups in total. The van der Waals surface area contributed by atoms with E-state index in [4.69, 9.17) is 0 Å². The van der Waals surface area contributed by atoms with Crippen LogP contribution >= 0.6 is 11.3 Å². The molecule has 1 aliphatic rings. The summed E-state index contributed by atoms with van der Waals surface area (Å²) >= 11 is 1.32. The van der Waals surface area contributed by atoms with Crippen molar-refractivity contribution in [3.8, 4) is 11.3 Å². The summed E-state index contributed by atoms with van der Waals surface area (Å²) in [4.78, 5) is 44.5. The number of benzene rings is 3. The number of imide groups is 1. The molecule has 2 heterocycles. The lowest BCUT2D eigenvalue weighted by Gasteiger charge is -2.16. The van der Waals surface area contributed by atoms with Crippen LogP contribution in [0.15, 0.2) is 72.1 Å². The number of anilines is 2. The molecule has 6 nitrogen and oxygen atoms in total. The number of hydrogen-bond donors (Lipinski definition) is 1. The predicted molar refractivity (Wildman–Crippen MR) is 129 cm³/mol. The van der Waals surface area contributed by atoms with E-state index in [1.165, 1.54) is 28.4 Å². The molecule has 5 rings (SSSR count). The van der Waals surface area contributed by atoms with Crippen molar-refractivity contribution in [2.45, 2.75) is 13.8 Å². The summed E-state index contributed by atoms with van der Waals surface area (Å²) in [6, 6.07) is 19.8. The van der Waals surface area contributed by atoms with Gasteiger partial charge < -0.3 is 0 Å². The van der Waals surface area contributed by atoms with Crippen molar-refractivity contribution in [1.82, 2.24) is 4.98 Å². The SMILES string of the molecule is Cc1ccc(N2C(=O)c3ccc(C(=O)Nc4nc(-c5ccccc5)cs4)cc3C2=O)c(C)c1. The number of fused-ring (bicyclic) bond motifs is 1. The van der Waals surface area contributed by atoms with Gasteiger partial charge in [-0.3, -0.25) is 19.7 Å². The fraction of sp³-hybridized carbons (Fsp3) is 0.0769. The second-order valence-electron chi connectivity index (χ2n) is 7.85. The van der Waals surface area contributed by atoms with Crippen molar-refractivity contribution < 1.29 is 14.4 Å². The second-order valence-corrected chi connectivity index (χ2v) is 8.71. The summed E-state index contributed by atoms with van der Waals surface area (Å²) in [5, 5.41) is 5.11. The number of aromatic nitrogens is 1. The minimum Gasteiger partial charge on any atom is -0.298 e. The van der Waals surface area contributed by atoms with Gasteiger partial charge in [0.15, 0.2) is 5.13 Å². The van der Waals surface area contributed by atoms with Crippen LogP contribution in [0.25, 0.3) is 11.3 Å². The third kappa shape index (κ3) is 3.72. The number of hydrogen-bond acceptors (Lipinski definition) is 5. The molecule has 0 spiro atoms. The van der Waals surface area contributed by atoms with Gasteiger partial charge in [-0.25, -0.2) is 9.88 Å². The lowest BCUT2D eigenvalue weighted by Crippen LogP contribution is -2.30. The number of amides is 3. The molecule has 0 radical (unpaired) electrons. The highest BCUT2D eigenvalue weighted by atomic mass is 32.1. The fourth-order valence-corrected chi connectivity index (χ4v) is 4.61. The highest BCUT2D eigenvalue weighted by molar-refractivity contribution is 7.14. The third-order valence-electron chi connectivity index (χ3n) is 5.54. The first kappa shape index (κ1) is 20.8. The molecule has 3 amide bonds. The first-order chi connectivity index (χ1) is 15.9. The van der Waals surface area contributed by atoms with Gasteiger partial charge in [-0.15, -0.1) is 11.3 Å². The summed E-state index contributed by atoms with van der Waals surface area (Å²) in [5.74, 6) is -1.21. The van der Waals surface area contributed by atoms with Crippen molar-refractivity contribution >= 4 is 39.9 Å². The molecule has 7 heteroatoms. The van der Waals surface area contributed by atoms with Crippen LogP contribution in [0, 0.1) is 13.8 Å². The van der Waals surface area contributed by atoms with Crippen molar-refractivity contribution in [3.05, 3.63) is 99.9 Å². The van der Waals surface area contributed by atoms with Crippen LogP contribution in [0.1, 0.15) is 42.2 Å². The number of nitrogens with one attached hydrogen (secondary N) is 1. The normalized spacial score (nSPS) is 12.7. The summed E-state index contributed by atoms with van der Waals surface area (Å²) in [6.07, 6.45) is 0. The topological polar surface area (TPSA) is 79.4 Å². The minimum atomic E-state index is -0.433. The summed E-state index contributed by atoms with van der Waals surface area (Å²) in [6.45, 7) is 3.82. The molecule has 3 aromatic carbocycles. The molecular weight excluding hydrogens is 434 g/mol. The van der Waals surface area contributed by atoms with E-state index in [1.54, 1.807) is 12.1 Å². The molecule has 0 unspecified atom stereocenters. The van der Waals surface area contributed by atoms with E-state index in [9.17, 15) is 14.4 Å². The molecule has 0 bridgehead atoms. The Balaban J connectivity index is 1.39. The number of carbonyl (C=O) groups excluding carboxylic acids is 3. The molecule has 33 heavy (non-hydrogen) atoms. The van der Waals surface area contributed by atoms with Crippen LogP contribution in [-0.4, -0.2) is 22.7 Å². The van der Waals surface area contributed by atoms with Gasteiger partial charge in [0.1, 0.15) is 0 Å². The van der Waals surface area contributed by atoms with Gasteiger partial charge in [-0.1, -0.05) is 48.0 Å². The summed E-state index contributed by atoms with van der Waals surface area (Å²) in [7, 11) is 0. The Labute approximate surface area is 194 Å². The standard InChI is InChI=1S/C26H19N3O3S/c1-15-8-11-22(16(2)12-15)29-24(31)19-10-9-18(13-20(19)25(29)32)23(30)28-26-27-21(14-33-26)17-6-4-3-5-7-17/h3-14H,1-2H3,(H,27,28,30). The Morgan fingerprint density at radius 1 is 0.909 bits per heavy atom. The van der Waals surface area contributed by atoms with E-state index in [0.717, 1.165) is 22.4 Å². The zero-order valence-corrected chi connectivity index (χ0v) is 18.8. The van der Waals surface area contributed by atoms with E-state index < -0.39 is 11.8 Å². The monoisotopic (exact) mass is 453 g/mol. The number of aryl methyl sites for hydroxylation is 2. The third-order valence-corrected chi connectivity index (χ3v) is 6.29. The molecular formula is C26H19N3O3S. The van der Waals surface area contributed by atoms with Gasteiger partial charge in [0.25, 0.3) is 17.7 Å². The maximum absolute atomic E-state index is 13.1. The Hall–Kier alpha value is -4.10. The van der Waals surface area contributed by atoms with Crippen LogP contribution in [-0.2, 0) is 0 Å². The molecule has 1 aromatic heterocycles. The van der Waals surface area contributed by atoms with Crippen molar-refractivity contribution in [2.24, 2.45) is 0 Å². The smallest absolute Gasteiger partial charge is 0.266 e. The molecule has 0 saturated heterocycles. The maximum atomic E-state index is 13.1. The second kappa shape index (κ2) is 8.11. The van der Waals surface area contributed by atoms with Gasteiger partial charge in [0.2, 0.25) is 0 Å². The molecule has 0 fully saturated rings. The largest absolute Gasteiger partial charge is 0.298 e.